The molecular weight excluding hydrogens is 263 g/mol. The molecule has 0 spiro atoms. The van der Waals surface area contributed by atoms with Gasteiger partial charge in [0.15, 0.2) is 0 Å². The Labute approximate surface area is 127 Å². The van der Waals surface area contributed by atoms with Crippen LogP contribution < -0.4 is 10.2 Å². The van der Waals surface area contributed by atoms with Crippen LogP contribution in [0.2, 0.25) is 0 Å². The molecule has 0 amide bonds. The Hall–Kier alpha value is -1.09. The summed E-state index contributed by atoms with van der Waals surface area (Å²) in [5.41, 5.74) is 1.94. The first-order valence-electron chi connectivity index (χ1n) is 8.47. The molecule has 0 aromatic heterocycles. The van der Waals surface area contributed by atoms with Crippen LogP contribution in [-0.2, 0) is 0 Å². The highest BCUT2D eigenvalue weighted by atomic mass is 19.1. The fourth-order valence-electron chi connectivity index (χ4n) is 4.17. The predicted octanol–water partition coefficient (Wildman–Crippen LogP) is 4.02. The molecule has 2 aliphatic rings. The number of rotatable bonds is 4. The SMILES string of the molecule is CCCNC1CC2CCCC(C1)N2c1cccc(F)c1C. The molecule has 2 aliphatic heterocycles. The van der Waals surface area contributed by atoms with E-state index in [4.69, 9.17) is 0 Å². The molecule has 2 nitrogen and oxygen atoms in total. The van der Waals surface area contributed by atoms with Crippen molar-refractivity contribution in [3.05, 3.63) is 29.6 Å². The van der Waals surface area contributed by atoms with Crippen molar-refractivity contribution >= 4 is 5.69 Å². The van der Waals surface area contributed by atoms with Gasteiger partial charge in [0, 0.05) is 29.4 Å². The van der Waals surface area contributed by atoms with Gasteiger partial charge in [0.25, 0.3) is 0 Å². The Bertz CT molecular complexity index is 474. The number of benzene rings is 1. The van der Waals surface area contributed by atoms with Crippen molar-refractivity contribution in [2.45, 2.75) is 70.5 Å². The van der Waals surface area contributed by atoms with E-state index in [-0.39, 0.29) is 5.82 Å². The third kappa shape index (κ3) is 2.94. The summed E-state index contributed by atoms with van der Waals surface area (Å²) in [5.74, 6) is -0.0724. The smallest absolute Gasteiger partial charge is 0.128 e. The summed E-state index contributed by atoms with van der Waals surface area (Å²) in [6.45, 7) is 5.25. The summed E-state index contributed by atoms with van der Waals surface area (Å²) in [6, 6.07) is 7.33. The maximum atomic E-state index is 13.9. The molecule has 1 aromatic carbocycles. The van der Waals surface area contributed by atoms with Gasteiger partial charge >= 0.3 is 0 Å². The number of piperidine rings is 2. The van der Waals surface area contributed by atoms with E-state index in [0.29, 0.717) is 18.1 Å². The second kappa shape index (κ2) is 6.35. The zero-order valence-electron chi connectivity index (χ0n) is 13.2. The lowest BCUT2D eigenvalue weighted by Crippen LogP contribution is -2.56. The quantitative estimate of drug-likeness (QED) is 0.901. The standard InChI is InChI=1S/C18H27FN2/c1-3-10-20-14-11-15-6-4-7-16(12-14)21(15)18-9-5-8-17(19)13(18)2/h5,8-9,14-16,20H,3-4,6-7,10-12H2,1-2H3. The van der Waals surface area contributed by atoms with E-state index in [1.54, 1.807) is 6.07 Å². The third-order valence-corrected chi connectivity index (χ3v) is 5.17. The Morgan fingerprint density at radius 2 is 1.95 bits per heavy atom. The van der Waals surface area contributed by atoms with Gasteiger partial charge in [-0.2, -0.15) is 0 Å². The Morgan fingerprint density at radius 1 is 1.24 bits per heavy atom. The second-order valence-corrected chi connectivity index (χ2v) is 6.65. The van der Waals surface area contributed by atoms with Crippen molar-refractivity contribution in [3.8, 4) is 0 Å². The maximum absolute atomic E-state index is 13.9. The van der Waals surface area contributed by atoms with Crippen molar-refractivity contribution in [1.82, 2.24) is 5.32 Å². The third-order valence-electron chi connectivity index (χ3n) is 5.17. The van der Waals surface area contributed by atoms with E-state index in [1.807, 2.05) is 13.0 Å². The van der Waals surface area contributed by atoms with Gasteiger partial charge in [-0.05, 0) is 64.1 Å². The van der Waals surface area contributed by atoms with Gasteiger partial charge in [-0.3, -0.25) is 0 Å². The van der Waals surface area contributed by atoms with Crippen LogP contribution in [0.5, 0.6) is 0 Å². The molecule has 1 N–H and O–H groups in total. The lowest BCUT2D eigenvalue weighted by Gasteiger charge is -2.51. The molecule has 0 radical (unpaired) electrons. The Morgan fingerprint density at radius 3 is 2.62 bits per heavy atom. The number of nitrogens with one attached hydrogen (secondary N) is 1. The van der Waals surface area contributed by atoms with Crippen molar-refractivity contribution in [1.29, 1.82) is 0 Å². The van der Waals surface area contributed by atoms with Crippen LogP contribution in [0.1, 0.15) is 51.0 Å². The largest absolute Gasteiger partial charge is 0.365 e. The lowest BCUT2D eigenvalue weighted by molar-refractivity contribution is 0.245. The van der Waals surface area contributed by atoms with E-state index in [2.05, 4.69) is 23.2 Å². The first kappa shape index (κ1) is 14.8. The van der Waals surface area contributed by atoms with Crippen molar-refractivity contribution < 1.29 is 4.39 Å². The van der Waals surface area contributed by atoms with Crippen molar-refractivity contribution in [2.75, 3.05) is 11.4 Å². The number of hydrogen-bond acceptors (Lipinski definition) is 2. The normalized spacial score (nSPS) is 28.7. The van der Waals surface area contributed by atoms with E-state index < -0.39 is 0 Å². The van der Waals surface area contributed by atoms with Crippen molar-refractivity contribution in [3.63, 3.8) is 0 Å². The van der Waals surface area contributed by atoms with Crippen LogP contribution in [0.4, 0.5) is 10.1 Å². The Kier molecular flexibility index (Phi) is 4.48. The van der Waals surface area contributed by atoms with Gasteiger partial charge in [-0.25, -0.2) is 4.39 Å². The molecule has 2 saturated heterocycles. The summed E-state index contributed by atoms with van der Waals surface area (Å²) in [4.78, 5) is 2.53. The highest BCUT2D eigenvalue weighted by Gasteiger charge is 2.38. The van der Waals surface area contributed by atoms with Crippen LogP contribution in [0.15, 0.2) is 18.2 Å². The first-order valence-corrected chi connectivity index (χ1v) is 8.47. The summed E-state index contributed by atoms with van der Waals surface area (Å²) in [7, 11) is 0. The highest BCUT2D eigenvalue weighted by Crippen LogP contribution is 2.39. The summed E-state index contributed by atoms with van der Waals surface area (Å²) in [5, 5.41) is 3.70. The minimum Gasteiger partial charge on any atom is -0.365 e. The number of hydrogen-bond donors (Lipinski definition) is 1. The molecular formula is C18H27FN2. The molecule has 3 heteroatoms. The maximum Gasteiger partial charge on any atom is 0.128 e. The summed E-state index contributed by atoms with van der Waals surface area (Å²) < 4.78 is 13.9. The zero-order valence-corrected chi connectivity index (χ0v) is 13.2. The summed E-state index contributed by atoms with van der Waals surface area (Å²) >= 11 is 0. The minimum absolute atomic E-state index is 0.0724. The molecule has 2 atom stereocenters. The fraction of sp³-hybridized carbons (Fsp3) is 0.667. The van der Waals surface area contributed by atoms with E-state index in [1.165, 1.54) is 38.5 Å². The highest BCUT2D eigenvalue weighted by molar-refractivity contribution is 5.56. The molecule has 1 aromatic rings. The molecule has 2 heterocycles. The number of nitrogens with zero attached hydrogens (tertiary/aromatic N) is 1. The molecule has 3 rings (SSSR count). The van der Waals surface area contributed by atoms with Crippen molar-refractivity contribution in [2.24, 2.45) is 0 Å². The molecule has 116 valence electrons. The average molecular weight is 290 g/mol. The van der Waals surface area contributed by atoms with Crippen LogP contribution in [0.25, 0.3) is 0 Å². The first-order chi connectivity index (χ1) is 10.2. The Balaban J connectivity index is 1.82. The van der Waals surface area contributed by atoms with Crippen LogP contribution in [0, 0.1) is 12.7 Å². The topological polar surface area (TPSA) is 15.3 Å². The van der Waals surface area contributed by atoms with Gasteiger partial charge in [0.2, 0.25) is 0 Å². The molecule has 0 aliphatic carbocycles. The van der Waals surface area contributed by atoms with Crippen LogP contribution >= 0.6 is 0 Å². The molecule has 0 saturated carbocycles. The fourth-order valence-corrected chi connectivity index (χ4v) is 4.17. The van der Waals surface area contributed by atoms with Gasteiger partial charge < -0.3 is 10.2 Å². The predicted molar refractivity (Wildman–Crippen MR) is 86.4 cm³/mol. The van der Waals surface area contributed by atoms with E-state index in [9.17, 15) is 4.39 Å². The molecule has 21 heavy (non-hydrogen) atoms. The zero-order chi connectivity index (χ0) is 14.8. The van der Waals surface area contributed by atoms with Gasteiger partial charge in [0.05, 0.1) is 0 Å². The second-order valence-electron chi connectivity index (χ2n) is 6.65. The monoisotopic (exact) mass is 290 g/mol. The molecule has 2 fully saturated rings. The average Bonchev–Trinajstić information content (AvgIpc) is 2.47. The van der Waals surface area contributed by atoms with Gasteiger partial charge in [0.1, 0.15) is 5.82 Å². The van der Waals surface area contributed by atoms with E-state index >= 15 is 0 Å². The number of halogens is 1. The lowest BCUT2D eigenvalue weighted by atomic mass is 9.81. The number of fused-ring (bicyclic) bond motifs is 2. The van der Waals surface area contributed by atoms with Gasteiger partial charge in [-0.15, -0.1) is 0 Å². The molecule has 2 unspecified atom stereocenters. The van der Waals surface area contributed by atoms with Crippen LogP contribution in [-0.4, -0.2) is 24.7 Å². The van der Waals surface area contributed by atoms with E-state index in [0.717, 1.165) is 17.8 Å². The van der Waals surface area contributed by atoms with Crippen LogP contribution in [0.3, 0.4) is 0 Å². The number of anilines is 1. The van der Waals surface area contributed by atoms with Gasteiger partial charge in [-0.1, -0.05) is 13.0 Å². The summed E-state index contributed by atoms with van der Waals surface area (Å²) in [6.07, 6.45) is 7.41. The molecule has 2 bridgehead atoms. The minimum atomic E-state index is -0.0724.